The number of benzene rings is 2. The summed E-state index contributed by atoms with van der Waals surface area (Å²) in [6.45, 7) is 0.825. The van der Waals surface area contributed by atoms with Gasteiger partial charge in [0.25, 0.3) is 0 Å². The van der Waals surface area contributed by atoms with Crippen molar-refractivity contribution in [1.82, 2.24) is 5.32 Å². The molecule has 0 aliphatic heterocycles. The van der Waals surface area contributed by atoms with Gasteiger partial charge in [-0.2, -0.15) is 0 Å². The zero-order valence-corrected chi connectivity index (χ0v) is 11.4. The number of nitrogens with two attached hydrogens (primary N) is 1. The summed E-state index contributed by atoms with van der Waals surface area (Å²) in [4.78, 5) is 11.1. The van der Waals surface area contributed by atoms with Crippen molar-refractivity contribution in [1.29, 1.82) is 0 Å². The van der Waals surface area contributed by atoms with E-state index >= 15 is 0 Å². The summed E-state index contributed by atoms with van der Waals surface area (Å²) in [6.07, 6.45) is -0.718. The van der Waals surface area contributed by atoms with Crippen LogP contribution in [0.15, 0.2) is 48.5 Å². The van der Waals surface area contributed by atoms with Gasteiger partial charge in [-0.25, -0.2) is 4.39 Å². The number of carbonyl (C=O) groups excluding carboxylic acids is 1. The van der Waals surface area contributed by atoms with Crippen LogP contribution in [-0.2, 0) is 6.54 Å². The summed E-state index contributed by atoms with van der Waals surface area (Å²) in [5.41, 5.74) is 7.22. The van der Waals surface area contributed by atoms with E-state index in [0.29, 0.717) is 24.2 Å². The predicted molar refractivity (Wildman–Crippen MR) is 78.0 cm³/mol. The zero-order valence-electron chi connectivity index (χ0n) is 11.4. The molecule has 0 fully saturated rings. The fourth-order valence-electron chi connectivity index (χ4n) is 1.99. The first-order valence-corrected chi connectivity index (χ1v) is 6.59. The molecule has 4 nitrogen and oxygen atoms in total. The first-order valence-electron chi connectivity index (χ1n) is 6.59. The molecule has 1 atom stereocenters. The number of aliphatic hydroxyl groups excluding tert-OH is 1. The van der Waals surface area contributed by atoms with Gasteiger partial charge in [-0.1, -0.05) is 24.3 Å². The molecule has 1 amide bonds. The third-order valence-electron chi connectivity index (χ3n) is 3.13. The van der Waals surface area contributed by atoms with Crippen molar-refractivity contribution in [2.45, 2.75) is 12.6 Å². The van der Waals surface area contributed by atoms with Crippen LogP contribution in [0.3, 0.4) is 0 Å². The molecular formula is C16H17FN2O2. The molecule has 0 heterocycles. The number of nitrogens with one attached hydrogen (secondary N) is 1. The lowest BCUT2D eigenvalue weighted by Crippen LogP contribution is -2.21. The fourth-order valence-corrected chi connectivity index (χ4v) is 1.99. The highest BCUT2D eigenvalue weighted by Crippen LogP contribution is 2.12. The Morgan fingerprint density at radius 1 is 1.24 bits per heavy atom. The first-order chi connectivity index (χ1) is 10.1. The van der Waals surface area contributed by atoms with Gasteiger partial charge in [0.15, 0.2) is 0 Å². The molecule has 0 spiro atoms. The van der Waals surface area contributed by atoms with Gasteiger partial charge in [0.2, 0.25) is 5.91 Å². The number of rotatable bonds is 6. The van der Waals surface area contributed by atoms with Crippen molar-refractivity contribution < 1.29 is 14.3 Å². The topological polar surface area (TPSA) is 75.4 Å². The van der Waals surface area contributed by atoms with E-state index in [4.69, 9.17) is 5.73 Å². The van der Waals surface area contributed by atoms with Crippen molar-refractivity contribution in [3.63, 3.8) is 0 Å². The van der Waals surface area contributed by atoms with Gasteiger partial charge in [0.05, 0.1) is 6.10 Å². The van der Waals surface area contributed by atoms with Crippen LogP contribution in [0.25, 0.3) is 0 Å². The van der Waals surface area contributed by atoms with Gasteiger partial charge < -0.3 is 16.2 Å². The number of halogens is 1. The Balaban J connectivity index is 1.87. The lowest BCUT2D eigenvalue weighted by Gasteiger charge is -2.12. The van der Waals surface area contributed by atoms with Crippen molar-refractivity contribution in [2.24, 2.45) is 5.73 Å². The molecule has 0 aliphatic rings. The highest BCUT2D eigenvalue weighted by Gasteiger charge is 2.07. The number of amides is 1. The zero-order chi connectivity index (χ0) is 15.2. The Morgan fingerprint density at radius 2 is 1.95 bits per heavy atom. The molecule has 110 valence electrons. The minimum Gasteiger partial charge on any atom is -0.387 e. The molecule has 2 aromatic carbocycles. The van der Waals surface area contributed by atoms with E-state index in [9.17, 15) is 14.3 Å². The highest BCUT2D eigenvalue weighted by atomic mass is 19.1. The van der Waals surface area contributed by atoms with Gasteiger partial charge in [-0.3, -0.25) is 4.79 Å². The Hall–Kier alpha value is -2.24. The molecule has 0 radical (unpaired) electrons. The second-order valence-electron chi connectivity index (χ2n) is 4.76. The molecule has 4 N–H and O–H groups in total. The van der Waals surface area contributed by atoms with E-state index < -0.39 is 12.0 Å². The number of hydrogen-bond donors (Lipinski definition) is 3. The van der Waals surface area contributed by atoms with Crippen LogP contribution in [0.2, 0.25) is 0 Å². The monoisotopic (exact) mass is 288 g/mol. The van der Waals surface area contributed by atoms with Gasteiger partial charge in [0.1, 0.15) is 5.82 Å². The van der Waals surface area contributed by atoms with Gasteiger partial charge in [0, 0.05) is 18.7 Å². The average Bonchev–Trinajstić information content (AvgIpc) is 2.48. The van der Waals surface area contributed by atoms with Crippen molar-refractivity contribution >= 4 is 5.91 Å². The lowest BCUT2D eigenvalue weighted by atomic mass is 10.1. The fraction of sp³-hybridized carbons (Fsp3) is 0.188. The van der Waals surface area contributed by atoms with Crippen molar-refractivity contribution in [3.05, 3.63) is 71.0 Å². The largest absolute Gasteiger partial charge is 0.387 e. The molecule has 5 heteroatoms. The first kappa shape index (κ1) is 15.2. The molecule has 0 saturated heterocycles. The second kappa shape index (κ2) is 6.97. The highest BCUT2D eigenvalue weighted by molar-refractivity contribution is 5.92. The molecule has 2 rings (SSSR count). The van der Waals surface area contributed by atoms with Crippen LogP contribution in [-0.4, -0.2) is 17.6 Å². The number of primary amides is 1. The van der Waals surface area contributed by atoms with Crippen molar-refractivity contribution in [2.75, 3.05) is 6.54 Å². The number of carbonyl (C=O) groups is 1. The summed E-state index contributed by atoms with van der Waals surface area (Å²) >= 11 is 0. The maximum Gasteiger partial charge on any atom is 0.248 e. The van der Waals surface area contributed by atoms with Crippen LogP contribution in [0.5, 0.6) is 0 Å². The Labute approximate surface area is 122 Å². The second-order valence-corrected chi connectivity index (χ2v) is 4.76. The van der Waals surface area contributed by atoms with E-state index in [2.05, 4.69) is 5.32 Å². The van der Waals surface area contributed by atoms with E-state index in [-0.39, 0.29) is 5.82 Å². The minimum atomic E-state index is -0.718. The Morgan fingerprint density at radius 3 is 2.62 bits per heavy atom. The molecule has 2 aromatic rings. The average molecular weight is 288 g/mol. The third-order valence-corrected chi connectivity index (χ3v) is 3.13. The molecular weight excluding hydrogens is 271 g/mol. The number of hydrogen-bond acceptors (Lipinski definition) is 3. The standard InChI is InChI=1S/C16H17FN2O2/c17-14-6-4-12(5-7-14)15(20)10-19-9-11-2-1-3-13(8-11)16(18)21/h1-8,15,19-20H,9-10H2,(H2,18,21). The molecule has 0 aliphatic carbocycles. The summed E-state index contributed by atoms with van der Waals surface area (Å²) < 4.78 is 12.8. The molecule has 0 saturated carbocycles. The van der Waals surface area contributed by atoms with Crippen LogP contribution in [0, 0.1) is 5.82 Å². The van der Waals surface area contributed by atoms with Gasteiger partial charge in [-0.05, 0) is 35.4 Å². The summed E-state index contributed by atoms with van der Waals surface area (Å²) in [6, 6.07) is 12.7. The quantitative estimate of drug-likeness (QED) is 0.758. The van der Waals surface area contributed by atoms with Gasteiger partial charge in [-0.15, -0.1) is 0 Å². The van der Waals surface area contributed by atoms with Crippen LogP contribution in [0.1, 0.15) is 27.6 Å². The Kier molecular flexibility index (Phi) is 5.03. The SMILES string of the molecule is NC(=O)c1cccc(CNCC(O)c2ccc(F)cc2)c1. The third kappa shape index (κ3) is 4.37. The molecule has 21 heavy (non-hydrogen) atoms. The minimum absolute atomic E-state index is 0.326. The summed E-state index contributed by atoms with van der Waals surface area (Å²) in [5, 5.41) is 13.1. The van der Waals surface area contributed by atoms with Gasteiger partial charge >= 0.3 is 0 Å². The predicted octanol–water partition coefficient (Wildman–Crippen LogP) is 1.75. The summed E-state index contributed by atoms with van der Waals surface area (Å²) in [7, 11) is 0. The molecule has 1 unspecified atom stereocenters. The smallest absolute Gasteiger partial charge is 0.248 e. The van der Waals surface area contributed by atoms with E-state index in [1.807, 2.05) is 6.07 Å². The van der Waals surface area contributed by atoms with Crippen molar-refractivity contribution in [3.8, 4) is 0 Å². The van der Waals surface area contributed by atoms with E-state index in [0.717, 1.165) is 5.56 Å². The molecule has 0 aromatic heterocycles. The van der Waals surface area contributed by atoms with E-state index in [1.165, 1.54) is 12.1 Å². The van der Waals surface area contributed by atoms with Crippen LogP contribution in [0.4, 0.5) is 4.39 Å². The number of aliphatic hydroxyl groups is 1. The maximum absolute atomic E-state index is 12.8. The summed E-state index contributed by atoms with van der Waals surface area (Å²) in [5.74, 6) is -0.801. The van der Waals surface area contributed by atoms with Crippen LogP contribution < -0.4 is 11.1 Å². The Bertz CT molecular complexity index is 614. The van der Waals surface area contributed by atoms with E-state index in [1.54, 1.807) is 30.3 Å². The van der Waals surface area contributed by atoms with Crippen LogP contribution >= 0.6 is 0 Å². The normalized spacial score (nSPS) is 12.1. The lowest BCUT2D eigenvalue weighted by molar-refractivity contribution is 0.1000. The molecule has 0 bridgehead atoms. The maximum atomic E-state index is 12.8.